The van der Waals surface area contributed by atoms with Crippen LogP contribution >= 0.6 is 0 Å². The van der Waals surface area contributed by atoms with E-state index in [4.69, 9.17) is 0 Å². The Hall–Kier alpha value is -2.30. The van der Waals surface area contributed by atoms with Crippen LogP contribution in [0.5, 0.6) is 5.75 Å². The van der Waals surface area contributed by atoms with E-state index in [0.29, 0.717) is 18.5 Å². The number of rotatable bonds is 4. The van der Waals surface area contributed by atoms with Gasteiger partial charge < -0.3 is 10.4 Å². The molecule has 0 aliphatic rings. The molecule has 2 N–H and O–H groups in total. The van der Waals surface area contributed by atoms with Crippen molar-refractivity contribution in [2.24, 2.45) is 7.05 Å². The molecule has 0 bridgehead atoms. The number of hydrogen-bond donors (Lipinski definition) is 2. The molecule has 0 aliphatic carbocycles. The number of nitrogens with one attached hydrogen (secondary N) is 1. The van der Waals surface area contributed by atoms with E-state index in [1.165, 1.54) is 0 Å². The van der Waals surface area contributed by atoms with Gasteiger partial charge in [-0.1, -0.05) is 12.1 Å². The normalized spacial score (nSPS) is 10.3. The average Bonchev–Trinajstić information content (AvgIpc) is 2.72. The van der Waals surface area contributed by atoms with Gasteiger partial charge in [0.2, 0.25) is 5.91 Å². The summed E-state index contributed by atoms with van der Waals surface area (Å²) in [5, 5.41) is 16.0. The second-order valence-corrected chi connectivity index (χ2v) is 4.12. The first-order valence-corrected chi connectivity index (χ1v) is 5.70. The molecule has 0 spiro atoms. The van der Waals surface area contributed by atoms with Gasteiger partial charge in [-0.25, -0.2) is 0 Å². The van der Waals surface area contributed by atoms with E-state index in [1.807, 2.05) is 6.07 Å². The number of phenolic OH excluding ortho intramolecular Hbond substituents is 1. The van der Waals surface area contributed by atoms with Crippen molar-refractivity contribution in [2.45, 2.75) is 12.8 Å². The van der Waals surface area contributed by atoms with E-state index in [-0.39, 0.29) is 11.7 Å². The maximum Gasteiger partial charge on any atom is 0.224 e. The first kappa shape index (κ1) is 12.2. The highest BCUT2D eigenvalue weighted by Gasteiger charge is 2.04. The van der Waals surface area contributed by atoms with Gasteiger partial charge in [-0.05, 0) is 24.1 Å². The van der Waals surface area contributed by atoms with E-state index in [0.717, 1.165) is 5.56 Å². The zero-order valence-corrected chi connectivity index (χ0v) is 10.1. The molecule has 94 valence electrons. The van der Waals surface area contributed by atoms with Gasteiger partial charge in [0, 0.05) is 19.7 Å². The van der Waals surface area contributed by atoms with Gasteiger partial charge in [0.15, 0.2) is 0 Å². The zero-order valence-electron chi connectivity index (χ0n) is 10.1. The fourth-order valence-electron chi connectivity index (χ4n) is 1.68. The number of amides is 1. The Balaban J connectivity index is 1.85. The van der Waals surface area contributed by atoms with Gasteiger partial charge in [0.05, 0.1) is 11.9 Å². The van der Waals surface area contributed by atoms with Crippen molar-refractivity contribution < 1.29 is 9.90 Å². The van der Waals surface area contributed by atoms with Gasteiger partial charge >= 0.3 is 0 Å². The number of anilines is 1. The molecule has 0 saturated carbocycles. The molecule has 0 radical (unpaired) electrons. The second kappa shape index (κ2) is 5.35. The van der Waals surface area contributed by atoms with Gasteiger partial charge in [-0.3, -0.25) is 9.48 Å². The van der Waals surface area contributed by atoms with E-state index in [2.05, 4.69) is 10.4 Å². The number of carbonyl (C=O) groups excluding carboxylic acids is 1. The molecule has 1 aromatic carbocycles. The number of aryl methyl sites for hydroxylation is 2. The van der Waals surface area contributed by atoms with Crippen LogP contribution in [0.2, 0.25) is 0 Å². The smallest absolute Gasteiger partial charge is 0.224 e. The van der Waals surface area contributed by atoms with Crippen molar-refractivity contribution >= 4 is 11.6 Å². The van der Waals surface area contributed by atoms with Crippen LogP contribution in [-0.4, -0.2) is 20.8 Å². The first-order chi connectivity index (χ1) is 8.63. The number of benzene rings is 1. The number of aromatic hydroxyl groups is 1. The third-order valence-corrected chi connectivity index (χ3v) is 2.54. The summed E-state index contributed by atoms with van der Waals surface area (Å²) in [6.45, 7) is 0. The molecule has 0 unspecified atom stereocenters. The summed E-state index contributed by atoms with van der Waals surface area (Å²) < 4.78 is 1.63. The summed E-state index contributed by atoms with van der Waals surface area (Å²) in [6.07, 6.45) is 4.32. The van der Waals surface area contributed by atoms with E-state index in [1.54, 1.807) is 42.3 Å². The molecule has 0 saturated heterocycles. The SMILES string of the molecule is Cn1cc(NC(=O)CCc2cccc(O)c2)cn1. The summed E-state index contributed by atoms with van der Waals surface area (Å²) in [5.41, 5.74) is 1.63. The molecule has 0 fully saturated rings. The lowest BCUT2D eigenvalue weighted by Gasteiger charge is -2.03. The van der Waals surface area contributed by atoms with Crippen LogP contribution in [0.3, 0.4) is 0 Å². The molecule has 0 aliphatic heterocycles. The van der Waals surface area contributed by atoms with Crippen LogP contribution in [0.1, 0.15) is 12.0 Å². The molecule has 1 heterocycles. The monoisotopic (exact) mass is 245 g/mol. The molecule has 2 aromatic rings. The minimum atomic E-state index is -0.0636. The highest BCUT2D eigenvalue weighted by atomic mass is 16.3. The van der Waals surface area contributed by atoms with Gasteiger partial charge in [0.25, 0.3) is 0 Å². The van der Waals surface area contributed by atoms with E-state index < -0.39 is 0 Å². The average molecular weight is 245 g/mol. The van der Waals surface area contributed by atoms with Crippen LogP contribution in [0, 0.1) is 0 Å². The molecule has 1 amide bonds. The van der Waals surface area contributed by atoms with Crippen molar-refractivity contribution in [1.82, 2.24) is 9.78 Å². The fourth-order valence-corrected chi connectivity index (χ4v) is 1.68. The Morgan fingerprint density at radius 3 is 3.00 bits per heavy atom. The Kier molecular flexibility index (Phi) is 3.62. The van der Waals surface area contributed by atoms with Crippen molar-refractivity contribution in [3.05, 3.63) is 42.2 Å². The van der Waals surface area contributed by atoms with Crippen LogP contribution in [-0.2, 0) is 18.3 Å². The maximum atomic E-state index is 11.7. The van der Waals surface area contributed by atoms with Crippen LogP contribution in [0.15, 0.2) is 36.7 Å². The molecular formula is C13H15N3O2. The molecular weight excluding hydrogens is 230 g/mol. The topological polar surface area (TPSA) is 67.2 Å². The van der Waals surface area contributed by atoms with E-state index >= 15 is 0 Å². The van der Waals surface area contributed by atoms with Crippen molar-refractivity contribution in [3.63, 3.8) is 0 Å². The first-order valence-electron chi connectivity index (χ1n) is 5.70. The second-order valence-electron chi connectivity index (χ2n) is 4.12. The number of aromatic nitrogens is 2. The van der Waals surface area contributed by atoms with Crippen LogP contribution in [0.25, 0.3) is 0 Å². The fraction of sp³-hybridized carbons (Fsp3) is 0.231. The van der Waals surface area contributed by atoms with Gasteiger partial charge in [0.1, 0.15) is 5.75 Å². The highest BCUT2D eigenvalue weighted by molar-refractivity contribution is 5.90. The van der Waals surface area contributed by atoms with Gasteiger partial charge in [-0.15, -0.1) is 0 Å². The molecule has 0 atom stereocenters. The highest BCUT2D eigenvalue weighted by Crippen LogP contribution is 2.13. The molecule has 5 nitrogen and oxygen atoms in total. The van der Waals surface area contributed by atoms with Crippen molar-refractivity contribution in [3.8, 4) is 5.75 Å². The summed E-state index contributed by atoms with van der Waals surface area (Å²) in [4.78, 5) is 11.7. The predicted molar refractivity (Wildman–Crippen MR) is 68.3 cm³/mol. The Morgan fingerprint density at radius 1 is 1.50 bits per heavy atom. The molecule has 18 heavy (non-hydrogen) atoms. The summed E-state index contributed by atoms with van der Waals surface area (Å²) in [5.74, 6) is 0.159. The number of hydrogen-bond acceptors (Lipinski definition) is 3. The standard InChI is InChI=1S/C13H15N3O2/c1-16-9-11(8-14-16)15-13(18)6-5-10-3-2-4-12(17)7-10/h2-4,7-9,17H,5-6H2,1H3,(H,15,18). The van der Waals surface area contributed by atoms with E-state index in [9.17, 15) is 9.90 Å². The Bertz CT molecular complexity index is 549. The molecule has 2 rings (SSSR count). The minimum Gasteiger partial charge on any atom is -0.508 e. The summed E-state index contributed by atoms with van der Waals surface area (Å²) in [7, 11) is 1.79. The third kappa shape index (κ3) is 3.35. The Morgan fingerprint density at radius 2 is 2.33 bits per heavy atom. The summed E-state index contributed by atoms with van der Waals surface area (Å²) >= 11 is 0. The quantitative estimate of drug-likeness (QED) is 0.861. The minimum absolute atomic E-state index is 0.0636. The lowest BCUT2D eigenvalue weighted by molar-refractivity contribution is -0.116. The molecule has 1 aromatic heterocycles. The number of carbonyl (C=O) groups is 1. The maximum absolute atomic E-state index is 11.7. The summed E-state index contributed by atoms with van der Waals surface area (Å²) in [6, 6.07) is 6.93. The Labute approximate surface area is 105 Å². The third-order valence-electron chi connectivity index (χ3n) is 2.54. The molecule has 5 heteroatoms. The van der Waals surface area contributed by atoms with Crippen LogP contribution in [0.4, 0.5) is 5.69 Å². The van der Waals surface area contributed by atoms with Crippen LogP contribution < -0.4 is 5.32 Å². The van der Waals surface area contributed by atoms with Crippen molar-refractivity contribution in [2.75, 3.05) is 5.32 Å². The lowest BCUT2D eigenvalue weighted by Crippen LogP contribution is -2.11. The number of phenols is 1. The number of nitrogens with zero attached hydrogens (tertiary/aromatic N) is 2. The van der Waals surface area contributed by atoms with Crippen molar-refractivity contribution in [1.29, 1.82) is 0 Å². The van der Waals surface area contributed by atoms with Gasteiger partial charge in [-0.2, -0.15) is 5.10 Å². The predicted octanol–water partition coefficient (Wildman–Crippen LogP) is 1.70. The zero-order chi connectivity index (χ0) is 13.0. The lowest BCUT2D eigenvalue weighted by atomic mass is 10.1. The largest absolute Gasteiger partial charge is 0.508 e.